The highest BCUT2D eigenvalue weighted by molar-refractivity contribution is 5.70. The Morgan fingerprint density at radius 1 is 1.41 bits per heavy atom. The van der Waals surface area contributed by atoms with Crippen LogP contribution in [0.1, 0.15) is 31.4 Å². The van der Waals surface area contributed by atoms with E-state index in [4.69, 9.17) is 15.2 Å². The molecule has 0 saturated heterocycles. The summed E-state index contributed by atoms with van der Waals surface area (Å²) in [5.41, 5.74) is 7.14. The van der Waals surface area contributed by atoms with E-state index in [-0.39, 0.29) is 12.0 Å². The van der Waals surface area contributed by atoms with Crippen molar-refractivity contribution in [2.24, 2.45) is 11.7 Å². The number of carbonyl (C=O) groups is 1. The molecule has 1 aromatic rings. The summed E-state index contributed by atoms with van der Waals surface area (Å²) in [5, 5.41) is 0. The average Bonchev–Trinajstić information content (AvgIpc) is 3.11. The van der Waals surface area contributed by atoms with E-state index in [9.17, 15) is 4.79 Å². The molecule has 1 aromatic carbocycles. The summed E-state index contributed by atoms with van der Waals surface area (Å²) >= 11 is 0. The number of hydrogen-bond donors (Lipinski definition) is 1. The topological polar surface area (TPSA) is 61.6 Å². The van der Waals surface area contributed by atoms with Crippen LogP contribution < -0.4 is 15.2 Å². The van der Waals surface area contributed by atoms with Gasteiger partial charge in [0.15, 0.2) is 11.5 Å². The molecule has 0 unspecified atom stereocenters. The van der Waals surface area contributed by atoms with Gasteiger partial charge in [0.05, 0.1) is 7.11 Å². The molecule has 0 radical (unpaired) electrons. The first kappa shape index (κ1) is 11.9. The fourth-order valence-electron chi connectivity index (χ4n) is 1.86. The fraction of sp³-hybridized carbons (Fsp3) is 0.462. The monoisotopic (exact) mass is 235 g/mol. The molecule has 4 heteroatoms. The Morgan fingerprint density at radius 2 is 2.12 bits per heavy atom. The Morgan fingerprint density at radius 3 is 2.65 bits per heavy atom. The van der Waals surface area contributed by atoms with Gasteiger partial charge >= 0.3 is 5.97 Å². The van der Waals surface area contributed by atoms with Crippen molar-refractivity contribution in [1.29, 1.82) is 0 Å². The summed E-state index contributed by atoms with van der Waals surface area (Å²) in [6.07, 6.45) is 2.38. The quantitative estimate of drug-likeness (QED) is 0.640. The lowest BCUT2D eigenvalue weighted by Gasteiger charge is -2.14. The van der Waals surface area contributed by atoms with Crippen molar-refractivity contribution in [2.45, 2.75) is 25.8 Å². The highest BCUT2D eigenvalue weighted by atomic mass is 16.6. The largest absolute Gasteiger partial charge is 0.493 e. The lowest BCUT2D eigenvalue weighted by molar-refractivity contribution is -0.132. The van der Waals surface area contributed by atoms with Gasteiger partial charge in [-0.2, -0.15) is 0 Å². The van der Waals surface area contributed by atoms with Gasteiger partial charge in [-0.3, -0.25) is 4.79 Å². The summed E-state index contributed by atoms with van der Waals surface area (Å²) in [4.78, 5) is 10.9. The van der Waals surface area contributed by atoms with E-state index in [2.05, 4.69) is 0 Å². The molecule has 1 atom stereocenters. The first-order valence-electron chi connectivity index (χ1n) is 5.73. The van der Waals surface area contributed by atoms with Gasteiger partial charge in [0.2, 0.25) is 0 Å². The first-order chi connectivity index (χ1) is 8.11. The van der Waals surface area contributed by atoms with Crippen molar-refractivity contribution in [3.63, 3.8) is 0 Å². The van der Waals surface area contributed by atoms with Crippen LogP contribution in [0.3, 0.4) is 0 Å². The van der Waals surface area contributed by atoms with Gasteiger partial charge in [-0.25, -0.2) is 0 Å². The van der Waals surface area contributed by atoms with Crippen LogP contribution in [0.4, 0.5) is 0 Å². The maximum atomic E-state index is 10.9. The van der Waals surface area contributed by atoms with Gasteiger partial charge in [0.1, 0.15) is 0 Å². The summed E-state index contributed by atoms with van der Waals surface area (Å²) in [6, 6.07) is 5.53. The number of ether oxygens (including phenoxy) is 2. The van der Waals surface area contributed by atoms with E-state index in [0.29, 0.717) is 17.4 Å². The van der Waals surface area contributed by atoms with E-state index < -0.39 is 0 Å². The Bertz CT molecular complexity index is 427. The molecule has 17 heavy (non-hydrogen) atoms. The third-order valence-corrected chi connectivity index (χ3v) is 2.96. The second-order valence-corrected chi connectivity index (χ2v) is 4.37. The second-order valence-electron chi connectivity index (χ2n) is 4.37. The van der Waals surface area contributed by atoms with Crippen molar-refractivity contribution >= 4 is 5.97 Å². The van der Waals surface area contributed by atoms with Crippen LogP contribution >= 0.6 is 0 Å². The molecule has 0 bridgehead atoms. The lowest BCUT2D eigenvalue weighted by atomic mass is 10.0. The van der Waals surface area contributed by atoms with Gasteiger partial charge in [-0.05, 0) is 36.5 Å². The van der Waals surface area contributed by atoms with Crippen molar-refractivity contribution in [1.82, 2.24) is 0 Å². The molecule has 92 valence electrons. The standard InChI is InChI=1S/C13H17NO3/c1-8(15)17-11-6-5-10(7-12(11)16-2)13(14)9-3-4-9/h5-7,9,13H,3-4,14H2,1-2H3/t13-/m0/s1. The number of esters is 1. The highest BCUT2D eigenvalue weighted by Gasteiger charge is 2.30. The molecule has 4 nitrogen and oxygen atoms in total. The SMILES string of the molecule is COc1cc([C@@H](N)C2CC2)ccc1OC(C)=O. The maximum absolute atomic E-state index is 10.9. The summed E-state index contributed by atoms with van der Waals surface area (Å²) in [7, 11) is 1.55. The highest BCUT2D eigenvalue weighted by Crippen LogP contribution is 2.41. The van der Waals surface area contributed by atoms with Crippen molar-refractivity contribution in [3.05, 3.63) is 23.8 Å². The van der Waals surface area contributed by atoms with Gasteiger partial charge in [-0.1, -0.05) is 6.07 Å². The number of nitrogens with two attached hydrogens (primary N) is 1. The van der Waals surface area contributed by atoms with Crippen LogP contribution in [0, 0.1) is 5.92 Å². The fourth-order valence-corrected chi connectivity index (χ4v) is 1.86. The van der Waals surface area contributed by atoms with E-state index in [1.54, 1.807) is 13.2 Å². The minimum absolute atomic E-state index is 0.0512. The van der Waals surface area contributed by atoms with E-state index in [1.165, 1.54) is 19.8 Å². The van der Waals surface area contributed by atoms with Crippen LogP contribution in [-0.2, 0) is 4.79 Å². The maximum Gasteiger partial charge on any atom is 0.308 e. The molecule has 0 aliphatic heterocycles. The minimum Gasteiger partial charge on any atom is -0.493 e. The van der Waals surface area contributed by atoms with E-state index in [1.807, 2.05) is 12.1 Å². The van der Waals surface area contributed by atoms with Gasteiger partial charge in [-0.15, -0.1) is 0 Å². The van der Waals surface area contributed by atoms with Crippen LogP contribution in [-0.4, -0.2) is 13.1 Å². The zero-order chi connectivity index (χ0) is 12.4. The second kappa shape index (κ2) is 4.75. The van der Waals surface area contributed by atoms with Crippen LogP contribution in [0.15, 0.2) is 18.2 Å². The number of rotatable bonds is 4. The zero-order valence-electron chi connectivity index (χ0n) is 10.1. The molecule has 1 fully saturated rings. The molecular formula is C13H17NO3. The van der Waals surface area contributed by atoms with Gasteiger partial charge < -0.3 is 15.2 Å². The molecule has 0 spiro atoms. The molecule has 0 amide bonds. The van der Waals surface area contributed by atoms with Crippen LogP contribution in [0.2, 0.25) is 0 Å². The smallest absolute Gasteiger partial charge is 0.308 e. The summed E-state index contributed by atoms with van der Waals surface area (Å²) < 4.78 is 10.2. The van der Waals surface area contributed by atoms with Crippen LogP contribution in [0.25, 0.3) is 0 Å². The molecule has 0 heterocycles. The lowest BCUT2D eigenvalue weighted by Crippen LogP contribution is -2.12. The molecule has 0 aromatic heterocycles. The predicted molar refractivity (Wildman–Crippen MR) is 64.0 cm³/mol. The molecule has 1 aliphatic carbocycles. The number of carbonyl (C=O) groups excluding carboxylic acids is 1. The molecule has 1 aliphatic rings. The molecule has 1 saturated carbocycles. The molecule has 2 rings (SSSR count). The molecular weight excluding hydrogens is 218 g/mol. The molecule has 2 N–H and O–H groups in total. The summed E-state index contributed by atoms with van der Waals surface area (Å²) in [5.74, 6) is 1.21. The number of methoxy groups -OCH3 is 1. The normalized spacial score (nSPS) is 16.4. The Hall–Kier alpha value is -1.55. The van der Waals surface area contributed by atoms with E-state index in [0.717, 1.165) is 5.56 Å². The van der Waals surface area contributed by atoms with Crippen molar-refractivity contribution in [3.8, 4) is 11.5 Å². The van der Waals surface area contributed by atoms with Crippen molar-refractivity contribution < 1.29 is 14.3 Å². The average molecular weight is 235 g/mol. The number of hydrogen-bond acceptors (Lipinski definition) is 4. The Balaban J connectivity index is 2.23. The van der Waals surface area contributed by atoms with Crippen molar-refractivity contribution in [2.75, 3.05) is 7.11 Å². The predicted octanol–water partition coefficient (Wildman–Crippen LogP) is 2.03. The van der Waals surface area contributed by atoms with Gasteiger partial charge in [0.25, 0.3) is 0 Å². The third-order valence-electron chi connectivity index (χ3n) is 2.96. The Kier molecular flexibility index (Phi) is 3.33. The van der Waals surface area contributed by atoms with Gasteiger partial charge in [0, 0.05) is 13.0 Å². The van der Waals surface area contributed by atoms with Crippen LogP contribution in [0.5, 0.6) is 11.5 Å². The summed E-state index contributed by atoms with van der Waals surface area (Å²) in [6.45, 7) is 1.36. The third kappa shape index (κ3) is 2.77. The first-order valence-corrected chi connectivity index (χ1v) is 5.73. The Labute approximate surface area is 101 Å². The minimum atomic E-state index is -0.359. The zero-order valence-corrected chi connectivity index (χ0v) is 10.1. The van der Waals surface area contributed by atoms with E-state index >= 15 is 0 Å². The number of benzene rings is 1.